The lowest BCUT2D eigenvalue weighted by Crippen LogP contribution is -2.32. The quantitative estimate of drug-likeness (QED) is 0.661. The Labute approximate surface area is 146 Å². The van der Waals surface area contributed by atoms with Crippen LogP contribution in [0.4, 0.5) is 0 Å². The van der Waals surface area contributed by atoms with E-state index in [1.807, 2.05) is 20.8 Å². The predicted molar refractivity (Wildman–Crippen MR) is 96.4 cm³/mol. The van der Waals surface area contributed by atoms with Gasteiger partial charge < -0.3 is 19.0 Å². The van der Waals surface area contributed by atoms with Crippen LogP contribution in [0.5, 0.6) is 11.5 Å². The number of hydrogen-bond donors (Lipinski definition) is 1. The van der Waals surface area contributed by atoms with Gasteiger partial charge in [0.15, 0.2) is 5.58 Å². The number of aliphatic hydroxyl groups excluding tert-OH is 1. The van der Waals surface area contributed by atoms with E-state index >= 15 is 0 Å². The molecule has 1 aromatic carbocycles. The summed E-state index contributed by atoms with van der Waals surface area (Å²) in [4.78, 5) is 12.1. The van der Waals surface area contributed by atoms with Gasteiger partial charge in [0.25, 0.3) is 0 Å². The fourth-order valence-electron chi connectivity index (χ4n) is 3.32. The van der Waals surface area contributed by atoms with E-state index in [1.165, 1.54) is 6.07 Å². The molecule has 3 atom stereocenters. The zero-order valence-corrected chi connectivity index (χ0v) is 14.9. The first-order valence-electron chi connectivity index (χ1n) is 8.70. The Morgan fingerprint density at radius 2 is 2.12 bits per heavy atom. The molecule has 0 saturated carbocycles. The van der Waals surface area contributed by atoms with Crippen LogP contribution in [0.2, 0.25) is 0 Å². The number of ether oxygens (including phenoxy) is 2. The molecule has 1 aliphatic heterocycles. The Kier molecular flexibility index (Phi) is 4.86. The van der Waals surface area contributed by atoms with Crippen LogP contribution in [0.3, 0.4) is 0 Å². The van der Waals surface area contributed by atoms with Crippen molar-refractivity contribution >= 4 is 11.0 Å². The van der Waals surface area contributed by atoms with Crippen LogP contribution in [0.15, 0.2) is 34.0 Å². The molecule has 0 aliphatic carbocycles. The van der Waals surface area contributed by atoms with Gasteiger partial charge in [-0.1, -0.05) is 32.9 Å². The van der Waals surface area contributed by atoms with Crippen LogP contribution in [-0.2, 0) is 6.42 Å². The number of fused-ring (bicyclic) bond motifs is 3. The van der Waals surface area contributed by atoms with E-state index in [2.05, 4.69) is 6.58 Å². The average Bonchev–Trinajstić information content (AvgIpc) is 2.57. The third-order valence-corrected chi connectivity index (χ3v) is 4.78. The van der Waals surface area contributed by atoms with Gasteiger partial charge >= 0.3 is 5.63 Å². The highest BCUT2D eigenvalue weighted by Crippen LogP contribution is 2.46. The van der Waals surface area contributed by atoms with Crippen LogP contribution in [0.1, 0.15) is 44.4 Å². The molecule has 0 unspecified atom stereocenters. The molecule has 1 aromatic heterocycles. The van der Waals surface area contributed by atoms with E-state index in [0.717, 1.165) is 17.4 Å². The van der Waals surface area contributed by atoms with Gasteiger partial charge in [-0.25, -0.2) is 4.79 Å². The Hall–Kier alpha value is -2.27. The molecule has 5 heteroatoms. The fraction of sp³-hybridized carbons (Fsp3) is 0.450. The van der Waals surface area contributed by atoms with Gasteiger partial charge in [0, 0.05) is 18.1 Å². The zero-order chi connectivity index (χ0) is 18.1. The van der Waals surface area contributed by atoms with Crippen molar-refractivity contribution in [3.63, 3.8) is 0 Å². The highest BCUT2D eigenvalue weighted by molar-refractivity contribution is 5.91. The molecule has 134 valence electrons. The maximum absolute atomic E-state index is 12.1. The Morgan fingerprint density at radius 3 is 2.80 bits per heavy atom. The van der Waals surface area contributed by atoms with Crippen molar-refractivity contribution in [2.45, 2.75) is 45.8 Å². The number of benzene rings is 1. The van der Waals surface area contributed by atoms with Crippen LogP contribution in [-0.4, -0.2) is 17.8 Å². The first-order chi connectivity index (χ1) is 12.0. The summed E-state index contributed by atoms with van der Waals surface area (Å²) in [6.07, 6.45) is 2.33. The molecule has 0 bridgehead atoms. The molecule has 1 N–H and O–H groups in total. The van der Waals surface area contributed by atoms with E-state index < -0.39 is 11.7 Å². The van der Waals surface area contributed by atoms with Crippen molar-refractivity contribution in [1.82, 2.24) is 0 Å². The summed E-state index contributed by atoms with van der Waals surface area (Å²) in [5, 5.41) is 11.5. The Balaban J connectivity index is 2.35. The molecule has 2 aromatic rings. The van der Waals surface area contributed by atoms with Crippen LogP contribution in [0.25, 0.3) is 11.0 Å². The summed E-state index contributed by atoms with van der Waals surface area (Å²) >= 11 is 0. The molecule has 3 rings (SSSR count). The van der Waals surface area contributed by atoms with E-state index in [4.69, 9.17) is 13.9 Å². The van der Waals surface area contributed by atoms with Gasteiger partial charge in [0.2, 0.25) is 0 Å². The van der Waals surface area contributed by atoms with Gasteiger partial charge in [-0.15, -0.1) is 0 Å². The summed E-state index contributed by atoms with van der Waals surface area (Å²) in [5.74, 6) is 0.965. The van der Waals surface area contributed by atoms with E-state index in [9.17, 15) is 9.90 Å². The Morgan fingerprint density at radius 1 is 1.36 bits per heavy atom. The first-order valence-corrected chi connectivity index (χ1v) is 8.70. The van der Waals surface area contributed by atoms with Gasteiger partial charge in [0.05, 0.1) is 17.1 Å². The number of aliphatic hydroxyl groups is 1. The van der Waals surface area contributed by atoms with Gasteiger partial charge in [-0.05, 0) is 18.9 Å². The predicted octanol–water partition coefficient (Wildman–Crippen LogP) is 3.76. The van der Waals surface area contributed by atoms with Crippen molar-refractivity contribution in [1.29, 1.82) is 0 Å². The van der Waals surface area contributed by atoms with Crippen molar-refractivity contribution in [3.8, 4) is 11.5 Å². The van der Waals surface area contributed by atoms with Gasteiger partial charge in [0.1, 0.15) is 24.2 Å². The smallest absolute Gasteiger partial charge is 0.336 e. The van der Waals surface area contributed by atoms with Crippen LogP contribution in [0, 0.1) is 5.92 Å². The standard InChI is InChI=1S/C20H24O5/c1-5-7-13-9-16(21)25-20-17(13)14(23-8-6-2)10-15-18(20)19(22)11(3)12(4)24-15/h6,9-12,19,22H,2,5,7-8H2,1,3-4H3/t11-,12+,19-/m0/s1. The zero-order valence-electron chi connectivity index (χ0n) is 14.9. The van der Waals surface area contributed by atoms with Crippen LogP contribution >= 0.6 is 0 Å². The molecule has 5 nitrogen and oxygen atoms in total. The first kappa shape index (κ1) is 17.5. The maximum Gasteiger partial charge on any atom is 0.336 e. The second kappa shape index (κ2) is 6.92. The van der Waals surface area contributed by atoms with Crippen LogP contribution < -0.4 is 15.1 Å². The lowest BCUT2D eigenvalue weighted by atomic mass is 9.88. The summed E-state index contributed by atoms with van der Waals surface area (Å²) in [6, 6.07) is 3.28. The molecule has 25 heavy (non-hydrogen) atoms. The van der Waals surface area contributed by atoms with E-state index in [0.29, 0.717) is 35.7 Å². The van der Waals surface area contributed by atoms with Crippen molar-refractivity contribution in [3.05, 3.63) is 46.3 Å². The number of hydrogen-bond acceptors (Lipinski definition) is 5. The van der Waals surface area contributed by atoms with E-state index in [-0.39, 0.29) is 12.0 Å². The number of aryl methyl sites for hydroxylation is 1. The molecular formula is C20H24O5. The molecular weight excluding hydrogens is 320 g/mol. The minimum Gasteiger partial charge on any atom is -0.490 e. The molecule has 0 amide bonds. The van der Waals surface area contributed by atoms with Crippen molar-refractivity contribution < 1.29 is 19.0 Å². The molecule has 0 radical (unpaired) electrons. The maximum atomic E-state index is 12.1. The molecule has 2 heterocycles. The third-order valence-electron chi connectivity index (χ3n) is 4.78. The van der Waals surface area contributed by atoms with Gasteiger partial charge in [-0.3, -0.25) is 0 Å². The highest BCUT2D eigenvalue weighted by Gasteiger charge is 2.35. The summed E-state index contributed by atoms with van der Waals surface area (Å²) < 4.78 is 17.3. The normalized spacial score (nSPS) is 22.3. The fourth-order valence-corrected chi connectivity index (χ4v) is 3.32. The second-order valence-electron chi connectivity index (χ2n) is 6.56. The van der Waals surface area contributed by atoms with Gasteiger partial charge in [-0.2, -0.15) is 0 Å². The minimum absolute atomic E-state index is 0.115. The minimum atomic E-state index is -0.769. The van der Waals surface area contributed by atoms with Crippen molar-refractivity contribution in [2.24, 2.45) is 5.92 Å². The largest absolute Gasteiger partial charge is 0.490 e. The average molecular weight is 344 g/mol. The lowest BCUT2D eigenvalue weighted by molar-refractivity contribution is 0.0178. The lowest BCUT2D eigenvalue weighted by Gasteiger charge is -2.34. The SMILES string of the molecule is C=CCOc1cc2c(c3oc(=O)cc(CCC)c13)[C@@H](O)[C@@H](C)[C@@H](C)O2. The highest BCUT2D eigenvalue weighted by atomic mass is 16.5. The Bertz CT molecular complexity index is 851. The third kappa shape index (κ3) is 3.04. The molecule has 0 spiro atoms. The molecule has 0 fully saturated rings. The summed E-state index contributed by atoms with van der Waals surface area (Å²) in [6.45, 7) is 9.88. The molecule has 0 saturated heterocycles. The number of rotatable bonds is 5. The second-order valence-corrected chi connectivity index (χ2v) is 6.56. The summed E-state index contributed by atoms with van der Waals surface area (Å²) in [5.41, 5.74) is 1.31. The topological polar surface area (TPSA) is 68.9 Å². The molecule has 1 aliphatic rings. The monoisotopic (exact) mass is 344 g/mol. The summed E-state index contributed by atoms with van der Waals surface area (Å²) in [7, 11) is 0. The van der Waals surface area contributed by atoms with E-state index in [1.54, 1.807) is 12.1 Å². The van der Waals surface area contributed by atoms with Crippen molar-refractivity contribution in [2.75, 3.05) is 6.61 Å².